The van der Waals surface area contributed by atoms with Crippen LogP contribution in [0.1, 0.15) is 32.1 Å². The predicted molar refractivity (Wildman–Crippen MR) is 41.6 cm³/mol. The lowest BCUT2D eigenvalue weighted by atomic mass is 9.92. The first-order valence-electron chi connectivity index (χ1n) is 4.27. The molecule has 1 heterocycles. The third-order valence-corrected chi connectivity index (χ3v) is 2.55. The summed E-state index contributed by atoms with van der Waals surface area (Å²) in [5, 5.41) is 11.3. The molecule has 1 saturated carbocycles. The molecule has 0 aromatic heterocycles. The van der Waals surface area contributed by atoms with Gasteiger partial charge in [0.15, 0.2) is 0 Å². The van der Waals surface area contributed by atoms with Crippen molar-refractivity contribution >= 4 is 12.2 Å². The third-order valence-electron chi connectivity index (χ3n) is 2.55. The van der Waals surface area contributed by atoms with Gasteiger partial charge in [0.25, 0.3) is 6.21 Å². The number of ether oxygens (including phenoxy) is 1. The van der Waals surface area contributed by atoms with Gasteiger partial charge in [-0.2, -0.15) is 4.74 Å². The summed E-state index contributed by atoms with van der Waals surface area (Å²) in [5.41, 5.74) is -0.824. The van der Waals surface area contributed by atoms with Crippen LogP contribution < -0.4 is 0 Å². The lowest BCUT2D eigenvalue weighted by Gasteiger charge is -2.28. The van der Waals surface area contributed by atoms with E-state index in [9.17, 15) is 10.0 Å². The van der Waals surface area contributed by atoms with Crippen molar-refractivity contribution in [2.24, 2.45) is 0 Å². The second kappa shape index (κ2) is 2.47. The minimum Gasteiger partial charge on any atom is -0.621 e. The van der Waals surface area contributed by atoms with Gasteiger partial charge >= 0.3 is 11.7 Å². The Kier molecular flexibility index (Phi) is 1.56. The molecule has 12 heavy (non-hydrogen) atoms. The van der Waals surface area contributed by atoms with Crippen molar-refractivity contribution in [2.45, 2.75) is 37.8 Å². The van der Waals surface area contributed by atoms with E-state index in [0.717, 1.165) is 25.5 Å². The fourth-order valence-corrected chi connectivity index (χ4v) is 1.90. The molecule has 1 spiro atoms. The zero-order valence-electron chi connectivity index (χ0n) is 6.78. The molecule has 2 rings (SSSR count). The van der Waals surface area contributed by atoms with E-state index >= 15 is 0 Å². The van der Waals surface area contributed by atoms with Gasteiger partial charge in [0.1, 0.15) is 0 Å². The van der Waals surface area contributed by atoms with E-state index in [2.05, 4.69) is 0 Å². The number of carbonyl (C=O) groups is 1. The fourth-order valence-electron chi connectivity index (χ4n) is 1.90. The summed E-state index contributed by atoms with van der Waals surface area (Å²) < 4.78 is 5.71. The van der Waals surface area contributed by atoms with Gasteiger partial charge in [-0.15, -0.1) is 0 Å². The first-order valence-corrected chi connectivity index (χ1v) is 4.27. The van der Waals surface area contributed by atoms with Crippen molar-refractivity contribution < 1.29 is 14.3 Å². The van der Waals surface area contributed by atoms with Gasteiger partial charge < -0.3 is 9.94 Å². The summed E-state index contributed by atoms with van der Waals surface area (Å²) in [6.07, 6.45) is 5.44. The summed E-state index contributed by atoms with van der Waals surface area (Å²) in [5.74, 6) is -0.494. The first kappa shape index (κ1) is 7.58. The van der Waals surface area contributed by atoms with E-state index in [0.29, 0.717) is 17.6 Å². The second-order valence-electron chi connectivity index (χ2n) is 3.38. The SMILES string of the molecule is O=C1C=[N+]([O-])C2(CCCCC2)O1. The maximum atomic E-state index is 11.3. The quantitative estimate of drug-likeness (QED) is 0.306. The van der Waals surface area contributed by atoms with E-state index in [1.807, 2.05) is 0 Å². The summed E-state index contributed by atoms with van der Waals surface area (Å²) in [7, 11) is 0. The molecule has 1 fully saturated rings. The van der Waals surface area contributed by atoms with Crippen LogP contribution in [0.4, 0.5) is 0 Å². The van der Waals surface area contributed by atoms with Crippen molar-refractivity contribution in [3.8, 4) is 0 Å². The number of hydrogen-bond donors (Lipinski definition) is 0. The van der Waals surface area contributed by atoms with Crippen LogP contribution in [-0.4, -0.2) is 22.6 Å². The highest BCUT2D eigenvalue weighted by atomic mass is 16.6. The average molecular weight is 169 g/mol. The lowest BCUT2D eigenvalue weighted by Crippen LogP contribution is -2.40. The van der Waals surface area contributed by atoms with Gasteiger partial charge in [-0.25, -0.2) is 4.79 Å². The number of esters is 1. The van der Waals surface area contributed by atoms with Crippen LogP contribution in [0.25, 0.3) is 0 Å². The van der Waals surface area contributed by atoms with E-state index in [-0.39, 0.29) is 0 Å². The lowest BCUT2D eigenvalue weighted by molar-refractivity contribution is -0.592. The van der Waals surface area contributed by atoms with Crippen LogP contribution in [0.3, 0.4) is 0 Å². The number of hydroxylamine groups is 1. The Morgan fingerprint density at radius 3 is 2.58 bits per heavy atom. The topological polar surface area (TPSA) is 52.4 Å². The minimum absolute atomic E-state index is 0.494. The summed E-state index contributed by atoms with van der Waals surface area (Å²) in [4.78, 5) is 10.8. The van der Waals surface area contributed by atoms with Crippen molar-refractivity contribution in [1.82, 2.24) is 0 Å². The molecule has 0 aromatic rings. The molecule has 1 aliphatic heterocycles. The fraction of sp³-hybridized carbons (Fsp3) is 0.750. The van der Waals surface area contributed by atoms with Gasteiger partial charge in [-0.05, 0) is 12.8 Å². The van der Waals surface area contributed by atoms with Gasteiger partial charge in [-0.3, -0.25) is 0 Å². The summed E-state index contributed by atoms with van der Waals surface area (Å²) >= 11 is 0. The molecule has 0 amide bonds. The molecular weight excluding hydrogens is 158 g/mol. The van der Waals surface area contributed by atoms with Crippen molar-refractivity contribution in [3.05, 3.63) is 5.21 Å². The molecule has 2 aliphatic rings. The second-order valence-corrected chi connectivity index (χ2v) is 3.38. The predicted octanol–water partition coefficient (Wildman–Crippen LogP) is 0.785. The number of hydrogen-bond acceptors (Lipinski definition) is 3. The first-order chi connectivity index (χ1) is 5.73. The molecule has 4 nitrogen and oxygen atoms in total. The number of carbonyl (C=O) groups excluding carboxylic acids is 1. The Morgan fingerprint density at radius 1 is 1.42 bits per heavy atom. The van der Waals surface area contributed by atoms with Crippen LogP contribution in [-0.2, 0) is 9.53 Å². The highest BCUT2D eigenvalue weighted by molar-refractivity contribution is 6.22. The molecule has 1 aliphatic carbocycles. The molecule has 66 valence electrons. The summed E-state index contributed by atoms with van der Waals surface area (Å²) in [6, 6.07) is 0. The Hall–Kier alpha value is -1.06. The smallest absolute Gasteiger partial charge is 0.401 e. The largest absolute Gasteiger partial charge is 0.621 e. The number of nitrogens with zero attached hydrogens (tertiary/aromatic N) is 1. The molecule has 0 atom stereocenters. The number of rotatable bonds is 0. The normalized spacial score (nSPS) is 27.0. The monoisotopic (exact) mass is 169 g/mol. The van der Waals surface area contributed by atoms with Gasteiger partial charge in [0.05, 0.1) is 12.8 Å². The van der Waals surface area contributed by atoms with Gasteiger partial charge in [0, 0.05) is 0 Å². The van der Waals surface area contributed by atoms with E-state index < -0.39 is 11.7 Å². The van der Waals surface area contributed by atoms with Crippen LogP contribution >= 0.6 is 0 Å². The average Bonchev–Trinajstić information content (AvgIpc) is 2.29. The molecule has 0 aromatic carbocycles. The van der Waals surface area contributed by atoms with Crippen molar-refractivity contribution in [1.29, 1.82) is 0 Å². The Balaban J connectivity index is 2.21. The maximum absolute atomic E-state index is 11.3. The zero-order valence-corrected chi connectivity index (χ0v) is 6.78. The van der Waals surface area contributed by atoms with Gasteiger partial charge in [-0.1, -0.05) is 6.42 Å². The molecular formula is C8H11NO3. The Bertz CT molecular complexity index is 241. The van der Waals surface area contributed by atoms with E-state index in [1.54, 1.807) is 0 Å². The van der Waals surface area contributed by atoms with Crippen LogP contribution in [0.2, 0.25) is 0 Å². The van der Waals surface area contributed by atoms with E-state index in [4.69, 9.17) is 4.74 Å². The third kappa shape index (κ3) is 0.983. The highest BCUT2D eigenvalue weighted by Gasteiger charge is 2.48. The van der Waals surface area contributed by atoms with Gasteiger partial charge in [0.2, 0.25) is 0 Å². The van der Waals surface area contributed by atoms with Crippen LogP contribution in [0.15, 0.2) is 0 Å². The maximum Gasteiger partial charge on any atom is 0.401 e. The van der Waals surface area contributed by atoms with Crippen molar-refractivity contribution in [2.75, 3.05) is 0 Å². The standard InChI is InChI=1S/C8H11NO3/c10-7-6-9(11)8(12-7)4-2-1-3-5-8/h6H,1-5H2. The molecule has 0 N–H and O–H groups in total. The summed E-state index contributed by atoms with van der Waals surface area (Å²) in [6.45, 7) is 0. The van der Waals surface area contributed by atoms with Crippen molar-refractivity contribution in [3.63, 3.8) is 0 Å². The molecule has 4 heteroatoms. The Morgan fingerprint density at radius 2 is 2.08 bits per heavy atom. The minimum atomic E-state index is -0.824. The van der Waals surface area contributed by atoms with Crippen LogP contribution in [0, 0.1) is 5.21 Å². The molecule has 0 unspecified atom stereocenters. The molecule has 0 bridgehead atoms. The zero-order chi connectivity index (χ0) is 8.60. The molecule has 0 saturated heterocycles. The van der Waals surface area contributed by atoms with Crippen LogP contribution in [0.5, 0.6) is 0 Å². The van der Waals surface area contributed by atoms with E-state index in [1.165, 1.54) is 0 Å². The Labute approximate surface area is 70.4 Å². The molecule has 0 radical (unpaired) electrons. The highest BCUT2D eigenvalue weighted by Crippen LogP contribution is 2.33.